The molecule has 1 unspecified atom stereocenters. The van der Waals surface area contributed by atoms with Crippen LogP contribution in [0, 0.1) is 5.82 Å². The van der Waals surface area contributed by atoms with Crippen molar-refractivity contribution in [1.29, 1.82) is 0 Å². The molecular weight excluding hydrogens is 242 g/mol. The van der Waals surface area contributed by atoms with E-state index in [2.05, 4.69) is 5.32 Å². The van der Waals surface area contributed by atoms with Crippen molar-refractivity contribution in [2.75, 3.05) is 12.3 Å². The van der Waals surface area contributed by atoms with Gasteiger partial charge < -0.3 is 5.32 Å². The van der Waals surface area contributed by atoms with E-state index in [0.717, 1.165) is 24.4 Å². The fraction of sp³-hybridized carbons (Fsp3) is 0.400. The third-order valence-electron chi connectivity index (χ3n) is 2.31. The molecule has 0 aromatic heterocycles. The summed E-state index contributed by atoms with van der Waals surface area (Å²) in [5, 5.41) is 2.88. The molecule has 1 saturated heterocycles. The highest BCUT2D eigenvalue weighted by atomic mass is 32.2. The van der Waals surface area contributed by atoms with Gasteiger partial charge in [0.25, 0.3) is 0 Å². The van der Waals surface area contributed by atoms with E-state index in [1.165, 1.54) is 17.8 Å². The molecule has 0 saturated carbocycles. The summed E-state index contributed by atoms with van der Waals surface area (Å²) in [5.41, 5.74) is -0.726. The predicted octanol–water partition coefficient (Wildman–Crippen LogP) is 3.18. The molecular formula is C10H9F4NS. The van der Waals surface area contributed by atoms with Crippen LogP contribution in [0.3, 0.4) is 0 Å². The molecule has 1 fully saturated rings. The summed E-state index contributed by atoms with van der Waals surface area (Å²) in [6.45, 7) is 0.758. The molecule has 1 heterocycles. The second kappa shape index (κ2) is 4.25. The molecule has 1 aromatic carbocycles. The van der Waals surface area contributed by atoms with Crippen LogP contribution in [0.15, 0.2) is 18.2 Å². The number of halogens is 4. The smallest absolute Gasteiger partial charge is 0.301 e. The summed E-state index contributed by atoms with van der Waals surface area (Å²) >= 11 is 1.52. The Hall–Kier alpha value is -0.750. The fourth-order valence-electron chi connectivity index (χ4n) is 1.56. The standard InChI is InChI=1S/C10H9F4NS/c11-8-2-1-6(9-15-3-4-16-9)5-7(8)10(12,13)14/h1-2,5,9,15H,3-4H2. The van der Waals surface area contributed by atoms with Crippen molar-refractivity contribution in [3.05, 3.63) is 35.1 Å². The lowest BCUT2D eigenvalue weighted by atomic mass is 10.1. The van der Waals surface area contributed by atoms with Crippen LogP contribution in [0.4, 0.5) is 17.6 Å². The largest absolute Gasteiger partial charge is 0.419 e. The maximum absolute atomic E-state index is 13.0. The van der Waals surface area contributed by atoms with Gasteiger partial charge in [-0.15, -0.1) is 11.8 Å². The van der Waals surface area contributed by atoms with E-state index < -0.39 is 17.6 Å². The molecule has 0 spiro atoms. The van der Waals surface area contributed by atoms with Gasteiger partial charge in [-0.05, 0) is 17.7 Å². The second-order valence-corrected chi connectivity index (χ2v) is 4.65. The van der Waals surface area contributed by atoms with Crippen LogP contribution < -0.4 is 5.32 Å². The van der Waals surface area contributed by atoms with Crippen molar-refractivity contribution in [3.63, 3.8) is 0 Å². The van der Waals surface area contributed by atoms with E-state index in [1.807, 2.05) is 0 Å². The van der Waals surface area contributed by atoms with E-state index in [-0.39, 0.29) is 5.37 Å². The van der Waals surface area contributed by atoms with Crippen LogP contribution in [0.1, 0.15) is 16.5 Å². The molecule has 0 radical (unpaired) electrons. The first-order valence-electron chi connectivity index (χ1n) is 4.70. The van der Waals surface area contributed by atoms with Gasteiger partial charge in [0.2, 0.25) is 0 Å². The van der Waals surface area contributed by atoms with Crippen LogP contribution in [0.25, 0.3) is 0 Å². The summed E-state index contributed by atoms with van der Waals surface area (Å²) in [6, 6.07) is 3.14. The Morgan fingerprint density at radius 2 is 2.06 bits per heavy atom. The highest BCUT2D eigenvalue weighted by molar-refractivity contribution is 7.99. The third kappa shape index (κ3) is 2.32. The summed E-state index contributed by atoms with van der Waals surface area (Å²) in [7, 11) is 0. The molecule has 0 amide bonds. The molecule has 0 aliphatic carbocycles. The van der Waals surface area contributed by atoms with Gasteiger partial charge in [0.15, 0.2) is 0 Å². The molecule has 1 aliphatic rings. The van der Waals surface area contributed by atoms with Crippen molar-refractivity contribution in [1.82, 2.24) is 5.32 Å². The summed E-state index contributed by atoms with van der Waals surface area (Å²) in [5.74, 6) is -0.372. The lowest BCUT2D eigenvalue weighted by Gasteiger charge is -2.13. The predicted molar refractivity (Wildman–Crippen MR) is 54.6 cm³/mol. The molecule has 1 aliphatic heterocycles. The van der Waals surface area contributed by atoms with Crippen LogP contribution in [0.2, 0.25) is 0 Å². The van der Waals surface area contributed by atoms with Gasteiger partial charge >= 0.3 is 6.18 Å². The zero-order chi connectivity index (χ0) is 11.8. The van der Waals surface area contributed by atoms with Crippen LogP contribution in [-0.4, -0.2) is 12.3 Å². The van der Waals surface area contributed by atoms with E-state index in [4.69, 9.17) is 0 Å². The van der Waals surface area contributed by atoms with E-state index in [1.54, 1.807) is 0 Å². The minimum atomic E-state index is -4.64. The number of benzene rings is 1. The zero-order valence-corrected chi connectivity index (χ0v) is 8.96. The molecule has 16 heavy (non-hydrogen) atoms. The number of nitrogens with one attached hydrogen (secondary N) is 1. The third-order valence-corrected chi connectivity index (χ3v) is 3.53. The molecule has 1 nitrogen and oxygen atoms in total. The number of rotatable bonds is 1. The van der Waals surface area contributed by atoms with Crippen molar-refractivity contribution in [2.45, 2.75) is 11.6 Å². The van der Waals surface area contributed by atoms with Crippen molar-refractivity contribution >= 4 is 11.8 Å². The van der Waals surface area contributed by atoms with Gasteiger partial charge in [-0.1, -0.05) is 6.07 Å². The molecule has 1 N–H and O–H groups in total. The highest BCUT2D eigenvalue weighted by Gasteiger charge is 2.35. The summed E-state index contributed by atoms with van der Waals surface area (Å²) in [6.07, 6.45) is -4.64. The number of hydrogen-bond acceptors (Lipinski definition) is 2. The van der Waals surface area contributed by atoms with E-state index >= 15 is 0 Å². The van der Waals surface area contributed by atoms with Gasteiger partial charge in [-0.3, -0.25) is 0 Å². The maximum atomic E-state index is 13.0. The Balaban J connectivity index is 2.35. The Labute approximate surface area is 94.2 Å². The van der Waals surface area contributed by atoms with Crippen molar-refractivity contribution in [2.24, 2.45) is 0 Å². The SMILES string of the molecule is Fc1ccc(C2NCCS2)cc1C(F)(F)F. The van der Waals surface area contributed by atoms with Crippen LogP contribution in [0.5, 0.6) is 0 Å². The lowest BCUT2D eigenvalue weighted by Crippen LogP contribution is -2.14. The van der Waals surface area contributed by atoms with Crippen LogP contribution >= 0.6 is 11.8 Å². The molecule has 1 atom stereocenters. The Bertz CT molecular complexity index is 385. The quantitative estimate of drug-likeness (QED) is 0.769. The number of hydrogen-bond donors (Lipinski definition) is 1. The maximum Gasteiger partial charge on any atom is 0.419 e. The Morgan fingerprint density at radius 1 is 1.31 bits per heavy atom. The normalized spacial score (nSPS) is 21.4. The molecule has 0 bridgehead atoms. The zero-order valence-electron chi connectivity index (χ0n) is 8.14. The number of thioether (sulfide) groups is 1. The van der Waals surface area contributed by atoms with Gasteiger partial charge in [0.1, 0.15) is 5.82 Å². The molecule has 6 heteroatoms. The highest BCUT2D eigenvalue weighted by Crippen LogP contribution is 2.36. The van der Waals surface area contributed by atoms with Gasteiger partial charge in [0.05, 0.1) is 10.9 Å². The molecule has 1 aromatic rings. The van der Waals surface area contributed by atoms with Crippen LogP contribution in [-0.2, 0) is 6.18 Å². The Kier molecular flexibility index (Phi) is 3.12. The number of alkyl halides is 3. The van der Waals surface area contributed by atoms with Crippen molar-refractivity contribution in [3.8, 4) is 0 Å². The fourth-order valence-corrected chi connectivity index (χ4v) is 2.61. The minimum absolute atomic E-state index is 0.165. The van der Waals surface area contributed by atoms with Gasteiger partial charge in [-0.2, -0.15) is 13.2 Å². The molecule has 88 valence electrons. The van der Waals surface area contributed by atoms with Gasteiger partial charge in [-0.25, -0.2) is 4.39 Å². The average Bonchev–Trinajstić information content (AvgIpc) is 2.69. The second-order valence-electron chi connectivity index (χ2n) is 3.44. The monoisotopic (exact) mass is 251 g/mol. The Morgan fingerprint density at radius 3 is 2.62 bits per heavy atom. The summed E-state index contributed by atoms with van der Waals surface area (Å²) < 4.78 is 50.4. The first-order valence-corrected chi connectivity index (χ1v) is 5.75. The first kappa shape index (κ1) is 11.7. The van der Waals surface area contributed by atoms with Gasteiger partial charge in [0, 0.05) is 12.3 Å². The van der Waals surface area contributed by atoms with E-state index in [9.17, 15) is 17.6 Å². The lowest BCUT2D eigenvalue weighted by molar-refractivity contribution is -0.140. The molecule has 2 rings (SSSR count). The minimum Gasteiger partial charge on any atom is -0.301 e. The topological polar surface area (TPSA) is 12.0 Å². The van der Waals surface area contributed by atoms with E-state index in [0.29, 0.717) is 5.56 Å². The van der Waals surface area contributed by atoms with Crippen molar-refractivity contribution < 1.29 is 17.6 Å². The first-order chi connectivity index (χ1) is 7.48. The summed E-state index contributed by atoms with van der Waals surface area (Å²) in [4.78, 5) is 0. The average molecular weight is 251 g/mol.